The van der Waals surface area contributed by atoms with E-state index in [0.717, 1.165) is 11.0 Å². The van der Waals surface area contributed by atoms with Crippen LogP contribution >= 0.6 is 0 Å². The van der Waals surface area contributed by atoms with E-state index in [1.165, 1.54) is 0 Å². The van der Waals surface area contributed by atoms with E-state index in [1.54, 1.807) is 0 Å². The van der Waals surface area contributed by atoms with Gasteiger partial charge in [0.2, 0.25) is 0 Å². The quantitative estimate of drug-likeness (QED) is 0.762. The number of aliphatic hydroxyl groups is 2. The fourth-order valence-electron chi connectivity index (χ4n) is 1.42. The van der Waals surface area contributed by atoms with Crippen LogP contribution in [0, 0.1) is 17.5 Å². The first-order valence-corrected chi connectivity index (χ1v) is 5.17. The SMILES string of the molecule is O=C(c1ccc(F)c(F)c1F)N(CCO)CCO. The summed E-state index contributed by atoms with van der Waals surface area (Å²) in [6.45, 7) is -1.07. The van der Waals surface area contributed by atoms with Crippen molar-refractivity contribution in [3.63, 3.8) is 0 Å². The topological polar surface area (TPSA) is 60.8 Å². The van der Waals surface area contributed by atoms with E-state index in [4.69, 9.17) is 10.2 Å². The summed E-state index contributed by atoms with van der Waals surface area (Å²) in [6, 6.07) is 1.46. The highest BCUT2D eigenvalue weighted by atomic mass is 19.2. The van der Waals surface area contributed by atoms with Crippen molar-refractivity contribution in [2.75, 3.05) is 26.3 Å². The summed E-state index contributed by atoms with van der Waals surface area (Å²) in [5.74, 6) is -5.62. The molecule has 18 heavy (non-hydrogen) atoms. The van der Waals surface area contributed by atoms with Gasteiger partial charge in [0.25, 0.3) is 5.91 Å². The van der Waals surface area contributed by atoms with Crippen molar-refractivity contribution in [1.82, 2.24) is 4.90 Å². The van der Waals surface area contributed by atoms with E-state index in [9.17, 15) is 18.0 Å². The molecule has 0 unspecified atom stereocenters. The lowest BCUT2D eigenvalue weighted by Gasteiger charge is -2.20. The largest absolute Gasteiger partial charge is 0.395 e. The lowest BCUT2D eigenvalue weighted by molar-refractivity contribution is 0.0679. The number of rotatable bonds is 5. The van der Waals surface area contributed by atoms with Crippen molar-refractivity contribution < 1.29 is 28.2 Å². The highest BCUT2D eigenvalue weighted by molar-refractivity contribution is 5.94. The normalized spacial score (nSPS) is 10.5. The van der Waals surface area contributed by atoms with Crippen LogP contribution in [0.3, 0.4) is 0 Å². The van der Waals surface area contributed by atoms with E-state index < -0.39 is 42.1 Å². The van der Waals surface area contributed by atoms with Gasteiger partial charge in [0.1, 0.15) is 0 Å². The van der Waals surface area contributed by atoms with Crippen molar-refractivity contribution >= 4 is 5.91 Å². The van der Waals surface area contributed by atoms with Gasteiger partial charge in [-0.3, -0.25) is 4.79 Å². The van der Waals surface area contributed by atoms with Crippen LogP contribution in [-0.4, -0.2) is 47.3 Å². The molecule has 0 aliphatic heterocycles. The third-order valence-corrected chi connectivity index (χ3v) is 2.29. The Kier molecular flexibility index (Phi) is 5.11. The Hall–Kier alpha value is -1.60. The first kappa shape index (κ1) is 14.5. The van der Waals surface area contributed by atoms with E-state index in [0.29, 0.717) is 6.07 Å². The van der Waals surface area contributed by atoms with Gasteiger partial charge in [0.15, 0.2) is 17.5 Å². The second-order valence-electron chi connectivity index (χ2n) is 3.46. The third kappa shape index (κ3) is 2.99. The van der Waals surface area contributed by atoms with Crippen LogP contribution in [0.15, 0.2) is 12.1 Å². The molecule has 100 valence electrons. The highest BCUT2D eigenvalue weighted by Gasteiger charge is 2.22. The Morgan fingerprint density at radius 2 is 1.61 bits per heavy atom. The molecular weight excluding hydrogens is 251 g/mol. The smallest absolute Gasteiger partial charge is 0.257 e. The molecule has 4 nitrogen and oxygen atoms in total. The predicted molar refractivity (Wildman–Crippen MR) is 56.4 cm³/mol. The second-order valence-corrected chi connectivity index (χ2v) is 3.46. The molecule has 1 aromatic rings. The Morgan fingerprint density at radius 1 is 1.06 bits per heavy atom. The van der Waals surface area contributed by atoms with Crippen molar-refractivity contribution in [2.45, 2.75) is 0 Å². The maximum absolute atomic E-state index is 13.4. The highest BCUT2D eigenvalue weighted by Crippen LogP contribution is 2.16. The van der Waals surface area contributed by atoms with Crippen LogP contribution in [0.25, 0.3) is 0 Å². The fraction of sp³-hybridized carbons (Fsp3) is 0.364. The second kappa shape index (κ2) is 6.36. The van der Waals surface area contributed by atoms with Gasteiger partial charge < -0.3 is 15.1 Å². The number of carbonyl (C=O) groups is 1. The first-order chi connectivity index (χ1) is 8.52. The van der Waals surface area contributed by atoms with Crippen LogP contribution in [0.4, 0.5) is 13.2 Å². The monoisotopic (exact) mass is 263 g/mol. The molecule has 0 atom stereocenters. The van der Waals surface area contributed by atoms with Gasteiger partial charge in [-0.2, -0.15) is 0 Å². The maximum atomic E-state index is 13.4. The Bertz CT molecular complexity index is 434. The molecule has 0 aromatic heterocycles. The van der Waals surface area contributed by atoms with Crippen molar-refractivity contribution in [3.8, 4) is 0 Å². The third-order valence-electron chi connectivity index (χ3n) is 2.29. The zero-order chi connectivity index (χ0) is 13.7. The molecule has 0 saturated carbocycles. The molecule has 0 bridgehead atoms. The van der Waals surface area contributed by atoms with Gasteiger partial charge in [-0.15, -0.1) is 0 Å². The molecule has 1 rings (SSSR count). The summed E-state index contributed by atoms with van der Waals surface area (Å²) in [5.41, 5.74) is -0.643. The molecule has 1 aromatic carbocycles. The van der Waals surface area contributed by atoms with Crippen molar-refractivity contribution in [3.05, 3.63) is 35.1 Å². The van der Waals surface area contributed by atoms with Crippen molar-refractivity contribution in [2.24, 2.45) is 0 Å². The number of carbonyl (C=O) groups excluding carboxylic acids is 1. The standard InChI is InChI=1S/C11H12F3NO3/c12-8-2-1-7(9(13)10(8)14)11(18)15(3-5-16)4-6-17/h1-2,16-17H,3-6H2. The zero-order valence-electron chi connectivity index (χ0n) is 9.37. The van der Waals surface area contributed by atoms with Gasteiger partial charge >= 0.3 is 0 Å². The molecule has 0 radical (unpaired) electrons. The molecule has 0 fully saturated rings. The molecule has 0 aliphatic carbocycles. The number of aliphatic hydroxyl groups excluding tert-OH is 2. The lowest BCUT2D eigenvalue weighted by Crippen LogP contribution is -2.36. The lowest BCUT2D eigenvalue weighted by atomic mass is 10.1. The number of hydrogen-bond acceptors (Lipinski definition) is 3. The molecule has 2 N–H and O–H groups in total. The van der Waals surface area contributed by atoms with Crippen LogP contribution in [0.1, 0.15) is 10.4 Å². The number of hydrogen-bond donors (Lipinski definition) is 2. The molecule has 0 spiro atoms. The predicted octanol–water partition coefficient (Wildman–Crippen LogP) is 0.531. The van der Waals surface area contributed by atoms with E-state index in [2.05, 4.69) is 0 Å². The van der Waals surface area contributed by atoms with Gasteiger partial charge in [-0.25, -0.2) is 13.2 Å². The van der Waals surface area contributed by atoms with Crippen LogP contribution in [0.5, 0.6) is 0 Å². The fourth-order valence-corrected chi connectivity index (χ4v) is 1.42. The molecular formula is C11H12F3NO3. The van der Waals surface area contributed by atoms with Gasteiger partial charge in [-0.1, -0.05) is 0 Å². The van der Waals surface area contributed by atoms with Crippen LogP contribution in [0.2, 0.25) is 0 Å². The first-order valence-electron chi connectivity index (χ1n) is 5.17. The minimum absolute atomic E-state index is 0.141. The minimum atomic E-state index is -1.73. The molecule has 0 heterocycles. The number of halogens is 3. The zero-order valence-corrected chi connectivity index (χ0v) is 9.37. The summed E-state index contributed by atoms with van der Waals surface area (Å²) in [7, 11) is 0. The summed E-state index contributed by atoms with van der Waals surface area (Å²) in [5, 5.41) is 17.4. The molecule has 1 amide bonds. The number of nitrogens with zero attached hydrogens (tertiary/aromatic N) is 1. The average molecular weight is 263 g/mol. The summed E-state index contributed by atoms with van der Waals surface area (Å²) in [4.78, 5) is 12.7. The Balaban J connectivity index is 3.05. The van der Waals surface area contributed by atoms with Gasteiger partial charge in [0, 0.05) is 13.1 Å². The summed E-state index contributed by atoms with van der Waals surface area (Å²) in [6.07, 6.45) is 0. The summed E-state index contributed by atoms with van der Waals surface area (Å²) >= 11 is 0. The number of benzene rings is 1. The van der Waals surface area contributed by atoms with E-state index >= 15 is 0 Å². The van der Waals surface area contributed by atoms with Gasteiger partial charge in [0.05, 0.1) is 18.8 Å². The Morgan fingerprint density at radius 3 is 2.11 bits per heavy atom. The molecule has 7 heteroatoms. The van der Waals surface area contributed by atoms with E-state index in [-0.39, 0.29) is 13.1 Å². The number of amides is 1. The maximum Gasteiger partial charge on any atom is 0.257 e. The van der Waals surface area contributed by atoms with Crippen molar-refractivity contribution in [1.29, 1.82) is 0 Å². The van der Waals surface area contributed by atoms with Gasteiger partial charge in [-0.05, 0) is 12.1 Å². The molecule has 0 saturated heterocycles. The average Bonchev–Trinajstić information content (AvgIpc) is 2.35. The summed E-state index contributed by atoms with van der Waals surface area (Å²) < 4.78 is 39.0. The minimum Gasteiger partial charge on any atom is -0.395 e. The molecule has 0 aliphatic rings. The van der Waals surface area contributed by atoms with Crippen LogP contribution in [-0.2, 0) is 0 Å². The Labute approximate surface area is 101 Å². The van der Waals surface area contributed by atoms with Crippen LogP contribution < -0.4 is 0 Å². The van der Waals surface area contributed by atoms with E-state index in [1.807, 2.05) is 0 Å².